The predicted molar refractivity (Wildman–Crippen MR) is 48.5 cm³/mol. The van der Waals surface area contributed by atoms with Crippen molar-refractivity contribution < 1.29 is 9.90 Å². The number of aromatic amines is 1. The zero-order chi connectivity index (χ0) is 10.7. The molecule has 0 aliphatic heterocycles. The SMILES string of the molecule is Cc1[nH]nc(C(=O)O)c1N=NN(C)C. The van der Waals surface area contributed by atoms with Gasteiger partial charge >= 0.3 is 5.97 Å². The van der Waals surface area contributed by atoms with Gasteiger partial charge in [-0.1, -0.05) is 5.22 Å². The van der Waals surface area contributed by atoms with Crippen molar-refractivity contribution in [2.75, 3.05) is 14.1 Å². The predicted octanol–water partition coefficient (Wildman–Crippen LogP) is 0.977. The summed E-state index contributed by atoms with van der Waals surface area (Å²) in [4.78, 5) is 10.7. The van der Waals surface area contributed by atoms with E-state index in [1.165, 1.54) is 5.01 Å². The molecule has 0 bridgehead atoms. The van der Waals surface area contributed by atoms with E-state index in [1.807, 2.05) is 0 Å². The van der Waals surface area contributed by atoms with Crippen molar-refractivity contribution in [2.45, 2.75) is 6.92 Å². The Morgan fingerprint density at radius 1 is 1.57 bits per heavy atom. The third-order valence-corrected chi connectivity index (χ3v) is 1.44. The van der Waals surface area contributed by atoms with Crippen LogP contribution >= 0.6 is 0 Å². The molecule has 1 rings (SSSR count). The van der Waals surface area contributed by atoms with Crippen molar-refractivity contribution in [1.82, 2.24) is 15.2 Å². The second-order valence-electron chi connectivity index (χ2n) is 2.89. The maximum atomic E-state index is 10.7. The highest BCUT2D eigenvalue weighted by Gasteiger charge is 2.16. The summed E-state index contributed by atoms with van der Waals surface area (Å²) in [5.74, 6) is -1.12. The van der Waals surface area contributed by atoms with E-state index in [0.717, 1.165) is 0 Å². The fourth-order valence-electron chi connectivity index (χ4n) is 0.829. The number of nitrogens with one attached hydrogen (secondary N) is 1. The zero-order valence-corrected chi connectivity index (χ0v) is 8.14. The molecule has 7 heteroatoms. The van der Waals surface area contributed by atoms with E-state index in [9.17, 15) is 4.79 Å². The Morgan fingerprint density at radius 2 is 2.21 bits per heavy atom. The lowest BCUT2D eigenvalue weighted by molar-refractivity contribution is 0.0691. The molecule has 7 nitrogen and oxygen atoms in total. The van der Waals surface area contributed by atoms with Gasteiger partial charge in [-0.3, -0.25) is 10.1 Å². The third-order valence-electron chi connectivity index (χ3n) is 1.44. The van der Waals surface area contributed by atoms with Crippen molar-refractivity contribution in [3.05, 3.63) is 11.4 Å². The van der Waals surface area contributed by atoms with E-state index >= 15 is 0 Å². The molecule has 0 aromatic carbocycles. The van der Waals surface area contributed by atoms with Gasteiger partial charge in [-0.05, 0) is 6.92 Å². The first-order chi connectivity index (χ1) is 6.52. The molecule has 0 spiro atoms. The average molecular weight is 197 g/mol. The van der Waals surface area contributed by atoms with Crippen LogP contribution in [-0.2, 0) is 0 Å². The molecule has 0 saturated carbocycles. The summed E-state index contributed by atoms with van der Waals surface area (Å²) in [5, 5.41) is 23.8. The van der Waals surface area contributed by atoms with Gasteiger partial charge in [-0.2, -0.15) is 5.10 Å². The van der Waals surface area contributed by atoms with Crippen molar-refractivity contribution in [3.63, 3.8) is 0 Å². The first-order valence-electron chi connectivity index (χ1n) is 3.89. The lowest BCUT2D eigenvalue weighted by atomic mass is 10.3. The topological polar surface area (TPSA) is 93.9 Å². The van der Waals surface area contributed by atoms with E-state index < -0.39 is 5.97 Å². The number of hydrogen-bond acceptors (Lipinski definition) is 4. The molecular formula is C7H11N5O2. The molecule has 14 heavy (non-hydrogen) atoms. The van der Waals surface area contributed by atoms with Gasteiger partial charge in [0.1, 0.15) is 5.69 Å². The summed E-state index contributed by atoms with van der Waals surface area (Å²) < 4.78 is 0. The number of rotatable bonds is 3. The molecule has 76 valence electrons. The molecule has 1 heterocycles. The first-order valence-corrected chi connectivity index (χ1v) is 3.89. The Bertz CT molecular complexity index is 368. The van der Waals surface area contributed by atoms with E-state index in [4.69, 9.17) is 5.11 Å². The molecule has 1 aromatic rings. The van der Waals surface area contributed by atoms with Crippen molar-refractivity contribution in [1.29, 1.82) is 0 Å². The van der Waals surface area contributed by atoms with E-state index in [1.54, 1.807) is 21.0 Å². The van der Waals surface area contributed by atoms with Crippen molar-refractivity contribution in [3.8, 4) is 0 Å². The summed E-state index contributed by atoms with van der Waals surface area (Å²) in [6.45, 7) is 1.68. The average Bonchev–Trinajstić information content (AvgIpc) is 2.43. The van der Waals surface area contributed by atoms with Crippen LogP contribution < -0.4 is 0 Å². The van der Waals surface area contributed by atoms with Crippen LogP contribution in [0.15, 0.2) is 10.3 Å². The maximum Gasteiger partial charge on any atom is 0.358 e. The molecule has 0 unspecified atom stereocenters. The number of carbonyl (C=O) groups is 1. The second kappa shape index (κ2) is 3.86. The van der Waals surface area contributed by atoms with Crippen molar-refractivity contribution >= 4 is 11.7 Å². The van der Waals surface area contributed by atoms with Crippen LogP contribution in [0, 0.1) is 6.92 Å². The molecule has 2 N–H and O–H groups in total. The highest BCUT2D eigenvalue weighted by atomic mass is 16.4. The van der Waals surface area contributed by atoms with Gasteiger partial charge in [0.2, 0.25) is 0 Å². The Labute approximate surface area is 80.4 Å². The van der Waals surface area contributed by atoms with Crippen LogP contribution in [0.5, 0.6) is 0 Å². The smallest absolute Gasteiger partial charge is 0.358 e. The number of aromatic nitrogens is 2. The Hall–Kier alpha value is -1.92. The van der Waals surface area contributed by atoms with Crippen LogP contribution in [-0.4, -0.2) is 40.4 Å². The minimum Gasteiger partial charge on any atom is -0.476 e. The Balaban J connectivity index is 3.05. The van der Waals surface area contributed by atoms with Crippen LogP contribution in [0.25, 0.3) is 0 Å². The molecule has 0 saturated heterocycles. The Morgan fingerprint density at radius 3 is 2.71 bits per heavy atom. The van der Waals surface area contributed by atoms with Crippen LogP contribution in [0.2, 0.25) is 0 Å². The number of carboxylic acid groups (broad SMARTS) is 1. The van der Waals surface area contributed by atoms with Crippen LogP contribution in [0.3, 0.4) is 0 Å². The van der Waals surface area contributed by atoms with E-state index in [2.05, 4.69) is 20.5 Å². The van der Waals surface area contributed by atoms with Crippen LogP contribution in [0.1, 0.15) is 16.2 Å². The fourth-order valence-corrected chi connectivity index (χ4v) is 0.829. The molecule has 0 fully saturated rings. The number of aromatic carboxylic acids is 1. The second-order valence-corrected chi connectivity index (χ2v) is 2.89. The fraction of sp³-hybridized carbons (Fsp3) is 0.429. The molecule has 0 amide bonds. The minimum absolute atomic E-state index is 0.117. The van der Waals surface area contributed by atoms with Gasteiger partial charge in [0.05, 0.1) is 5.69 Å². The van der Waals surface area contributed by atoms with Gasteiger partial charge in [-0.25, -0.2) is 4.79 Å². The first kappa shape index (κ1) is 10.2. The summed E-state index contributed by atoms with van der Waals surface area (Å²) in [6.07, 6.45) is 0. The number of H-pyrrole nitrogens is 1. The lowest BCUT2D eigenvalue weighted by Crippen LogP contribution is -2.00. The summed E-state index contributed by atoms with van der Waals surface area (Å²) in [6, 6.07) is 0. The highest BCUT2D eigenvalue weighted by Crippen LogP contribution is 2.21. The Kier molecular flexibility index (Phi) is 2.80. The van der Waals surface area contributed by atoms with Crippen LogP contribution in [0.4, 0.5) is 5.69 Å². The number of nitrogens with zero attached hydrogens (tertiary/aromatic N) is 4. The molecular weight excluding hydrogens is 186 g/mol. The quantitative estimate of drug-likeness (QED) is 0.557. The maximum absolute atomic E-state index is 10.7. The van der Waals surface area contributed by atoms with E-state index in [0.29, 0.717) is 5.69 Å². The molecule has 0 aliphatic rings. The zero-order valence-electron chi connectivity index (χ0n) is 8.14. The normalized spacial score (nSPS) is 10.8. The number of carboxylic acids is 1. The molecule has 1 aromatic heterocycles. The minimum atomic E-state index is -1.12. The monoisotopic (exact) mass is 197 g/mol. The molecule has 0 aliphatic carbocycles. The number of hydrogen-bond donors (Lipinski definition) is 2. The van der Waals surface area contributed by atoms with Gasteiger partial charge in [0.15, 0.2) is 5.69 Å². The summed E-state index contributed by atoms with van der Waals surface area (Å²) in [5.41, 5.74) is 0.715. The molecule has 0 atom stereocenters. The summed E-state index contributed by atoms with van der Waals surface area (Å²) >= 11 is 0. The van der Waals surface area contributed by atoms with Gasteiger partial charge < -0.3 is 5.11 Å². The highest BCUT2D eigenvalue weighted by molar-refractivity contribution is 5.91. The standard InChI is InChI=1S/C7H11N5O2/c1-4-5(10-11-12(2)3)6(7(13)14)9-8-4/h1-3H3,(H,8,9)(H,13,14). The summed E-state index contributed by atoms with van der Waals surface area (Å²) in [7, 11) is 3.39. The molecule has 0 radical (unpaired) electrons. The van der Waals surface area contributed by atoms with Crippen molar-refractivity contribution in [2.24, 2.45) is 10.3 Å². The largest absolute Gasteiger partial charge is 0.476 e. The van der Waals surface area contributed by atoms with E-state index in [-0.39, 0.29) is 11.4 Å². The van der Waals surface area contributed by atoms with Gasteiger partial charge in [0, 0.05) is 14.1 Å². The van der Waals surface area contributed by atoms with Gasteiger partial charge in [0.25, 0.3) is 0 Å². The third kappa shape index (κ3) is 2.06. The van der Waals surface area contributed by atoms with Gasteiger partial charge in [-0.15, -0.1) is 5.11 Å². The lowest BCUT2D eigenvalue weighted by Gasteiger charge is -1.99. The number of aryl methyl sites for hydroxylation is 1.